The fourth-order valence-electron chi connectivity index (χ4n) is 3.49. The van der Waals surface area contributed by atoms with E-state index in [9.17, 15) is 32.4 Å². The van der Waals surface area contributed by atoms with Crippen molar-refractivity contribution < 1.29 is 37.5 Å². The molecule has 0 spiro atoms. The minimum absolute atomic E-state index is 0.0451. The molecule has 186 valence electrons. The van der Waals surface area contributed by atoms with Crippen LogP contribution >= 0.6 is 11.6 Å². The molecule has 5 N–H and O–H groups in total. The zero-order valence-corrected chi connectivity index (χ0v) is 19.8. The number of benzene rings is 1. The fourth-order valence-corrected chi connectivity index (χ4v) is 4.50. The number of carbonyl (C=O) groups excluding carboxylic acids is 4. The SMILES string of the molecule is CS(=O)(=O)C[C@H](NC(=O)c1ccc(N)c(Cl)c1)C(=O)N1CCC[C@H]1C(=O)N[C@H](C=O)CC(=O)O. The van der Waals surface area contributed by atoms with E-state index in [0.717, 1.165) is 11.2 Å². The lowest BCUT2D eigenvalue weighted by Gasteiger charge is -2.29. The molecule has 2 rings (SSSR count). The first-order valence-electron chi connectivity index (χ1n) is 10.1. The van der Waals surface area contributed by atoms with Crippen LogP contribution in [0.5, 0.6) is 0 Å². The molecule has 34 heavy (non-hydrogen) atoms. The van der Waals surface area contributed by atoms with Gasteiger partial charge in [-0.3, -0.25) is 19.2 Å². The van der Waals surface area contributed by atoms with Gasteiger partial charge in [0, 0.05) is 18.4 Å². The second-order valence-corrected chi connectivity index (χ2v) is 10.5. The van der Waals surface area contributed by atoms with Gasteiger partial charge in [0.05, 0.1) is 28.9 Å². The van der Waals surface area contributed by atoms with Gasteiger partial charge in [-0.2, -0.15) is 0 Å². The van der Waals surface area contributed by atoms with Crippen LogP contribution < -0.4 is 16.4 Å². The van der Waals surface area contributed by atoms with Crippen molar-refractivity contribution in [1.29, 1.82) is 0 Å². The number of rotatable bonds is 10. The first-order chi connectivity index (χ1) is 15.8. The van der Waals surface area contributed by atoms with E-state index in [1.54, 1.807) is 0 Å². The summed E-state index contributed by atoms with van der Waals surface area (Å²) >= 11 is 5.92. The molecule has 1 saturated heterocycles. The summed E-state index contributed by atoms with van der Waals surface area (Å²) in [4.78, 5) is 61.6. The summed E-state index contributed by atoms with van der Waals surface area (Å²) in [7, 11) is -3.74. The number of likely N-dealkylation sites (tertiary alicyclic amines) is 1. The topological polar surface area (TPSA) is 193 Å². The predicted molar refractivity (Wildman–Crippen MR) is 122 cm³/mol. The van der Waals surface area contributed by atoms with Gasteiger partial charge in [0.15, 0.2) is 0 Å². The monoisotopic (exact) mass is 516 g/mol. The zero-order valence-electron chi connectivity index (χ0n) is 18.2. The molecule has 3 amide bonds. The zero-order chi connectivity index (χ0) is 25.6. The van der Waals surface area contributed by atoms with Crippen LogP contribution in [0.4, 0.5) is 5.69 Å². The number of carbonyl (C=O) groups is 5. The van der Waals surface area contributed by atoms with E-state index in [4.69, 9.17) is 22.4 Å². The molecule has 0 saturated carbocycles. The van der Waals surface area contributed by atoms with E-state index in [0.29, 0.717) is 6.42 Å². The number of carboxylic acids is 1. The van der Waals surface area contributed by atoms with Crippen molar-refractivity contribution in [3.63, 3.8) is 0 Å². The number of amides is 3. The maximum absolute atomic E-state index is 13.2. The van der Waals surface area contributed by atoms with Crippen molar-refractivity contribution in [3.05, 3.63) is 28.8 Å². The van der Waals surface area contributed by atoms with Crippen molar-refractivity contribution in [2.45, 2.75) is 37.4 Å². The average Bonchev–Trinajstić information content (AvgIpc) is 3.22. The Morgan fingerprint density at radius 2 is 1.97 bits per heavy atom. The highest BCUT2D eigenvalue weighted by atomic mass is 35.5. The van der Waals surface area contributed by atoms with E-state index in [2.05, 4.69) is 10.6 Å². The molecule has 3 atom stereocenters. The van der Waals surface area contributed by atoms with Crippen LogP contribution in [-0.2, 0) is 29.0 Å². The Morgan fingerprint density at radius 1 is 1.29 bits per heavy atom. The van der Waals surface area contributed by atoms with E-state index in [1.165, 1.54) is 18.2 Å². The van der Waals surface area contributed by atoms with E-state index in [-0.39, 0.29) is 35.5 Å². The Bertz CT molecular complexity index is 1090. The Hall–Kier alpha value is -3.19. The van der Waals surface area contributed by atoms with Crippen LogP contribution in [0.1, 0.15) is 29.6 Å². The first-order valence-corrected chi connectivity index (χ1v) is 12.6. The Kier molecular flexibility index (Phi) is 8.99. The number of nitrogens with zero attached hydrogens (tertiary/aromatic N) is 1. The lowest BCUT2D eigenvalue weighted by atomic mass is 10.1. The standard InChI is InChI=1S/C20H25ClN4O8S/c1-34(32,33)10-15(24-18(29)11-4-5-14(22)13(21)7-11)20(31)25-6-2-3-16(25)19(30)23-12(9-26)8-17(27)28/h4-5,7,9,12,15-16H,2-3,6,8,10,22H2,1H3,(H,23,30)(H,24,29)(H,27,28)/t12-,15-,16-/m0/s1. The van der Waals surface area contributed by atoms with Gasteiger partial charge in [0.2, 0.25) is 11.8 Å². The van der Waals surface area contributed by atoms with Crippen molar-refractivity contribution in [3.8, 4) is 0 Å². The largest absolute Gasteiger partial charge is 0.481 e. The van der Waals surface area contributed by atoms with Crippen LogP contribution in [0.3, 0.4) is 0 Å². The van der Waals surface area contributed by atoms with E-state index in [1.807, 2.05) is 0 Å². The highest BCUT2D eigenvalue weighted by Crippen LogP contribution is 2.21. The number of nitrogen functional groups attached to an aromatic ring is 1. The summed E-state index contributed by atoms with van der Waals surface area (Å²) < 4.78 is 23.9. The van der Waals surface area contributed by atoms with Gasteiger partial charge in [-0.25, -0.2) is 8.42 Å². The molecule has 1 aliphatic heterocycles. The van der Waals surface area contributed by atoms with Gasteiger partial charge in [0.1, 0.15) is 28.2 Å². The van der Waals surface area contributed by atoms with Gasteiger partial charge in [-0.1, -0.05) is 11.6 Å². The molecular weight excluding hydrogens is 492 g/mol. The molecule has 1 fully saturated rings. The molecule has 0 bridgehead atoms. The smallest absolute Gasteiger partial charge is 0.305 e. The lowest BCUT2D eigenvalue weighted by Crippen LogP contribution is -2.56. The van der Waals surface area contributed by atoms with Crippen molar-refractivity contribution in [1.82, 2.24) is 15.5 Å². The van der Waals surface area contributed by atoms with Crippen LogP contribution in [0, 0.1) is 0 Å². The number of nitrogens with one attached hydrogen (secondary N) is 2. The van der Waals surface area contributed by atoms with Crippen molar-refractivity contribution >= 4 is 57.1 Å². The molecule has 1 heterocycles. The van der Waals surface area contributed by atoms with Crippen LogP contribution in [0.2, 0.25) is 5.02 Å². The highest BCUT2D eigenvalue weighted by molar-refractivity contribution is 7.90. The lowest BCUT2D eigenvalue weighted by molar-refractivity contribution is -0.141. The fraction of sp³-hybridized carbons (Fsp3) is 0.450. The number of aliphatic carboxylic acids is 1. The minimum Gasteiger partial charge on any atom is -0.481 e. The third-order valence-corrected chi connectivity index (χ3v) is 6.33. The molecule has 14 heteroatoms. The summed E-state index contributed by atoms with van der Waals surface area (Å²) in [6, 6.07) is 0.146. The number of halogens is 1. The van der Waals surface area contributed by atoms with Gasteiger partial charge in [-0.05, 0) is 31.0 Å². The highest BCUT2D eigenvalue weighted by Gasteiger charge is 2.39. The van der Waals surface area contributed by atoms with Gasteiger partial charge in [0.25, 0.3) is 5.91 Å². The maximum Gasteiger partial charge on any atom is 0.305 e. The number of sulfone groups is 1. The third kappa shape index (κ3) is 7.42. The number of carboxylic acid groups (broad SMARTS) is 1. The van der Waals surface area contributed by atoms with Crippen molar-refractivity contribution in [2.75, 3.05) is 24.3 Å². The summed E-state index contributed by atoms with van der Waals surface area (Å²) in [5, 5.41) is 13.6. The number of hydrogen-bond donors (Lipinski definition) is 4. The third-order valence-electron chi connectivity index (χ3n) is 5.06. The maximum atomic E-state index is 13.2. The summed E-state index contributed by atoms with van der Waals surface area (Å²) in [5.74, 6) is -4.35. The molecule has 0 aliphatic carbocycles. The molecule has 0 radical (unpaired) electrons. The molecule has 0 unspecified atom stereocenters. The Morgan fingerprint density at radius 3 is 2.53 bits per heavy atom. The summed E-state index contributed by atoms with van der Waals surface area (Å²) in [6.45, 7) is 0.103. The predicted octanol–water partition coefficient (Wildman–Crippen LogP) is -0.785. The molecule has 12 nitrogen and oxygen atoms in total. The normalized spacial score (nSPS) is 17.5. The molecular formula is C20H25ClN4O8S. The second-order valence-electron chi connectivity index (χ2n) is 7.89. The molecule has 1 aromatic carbocycles. The summed E-state index contributed by atoms with van der Waals surface area (Å²) in [6.07, 6.45) is 1.16. The number of hydrogen-bond acceptors (Lipinski definition) is 8. The van der Waals surface area contributed by atoms with Gasteiger partial charge in [-0.15, -0.1) is 0 Å². The van der Waals surface area contributed by atoms with Crippen LogP contribution in [-0.4, -0.2) is 85.1 Å². The van der Waals surface area contributed by atoms with Crippen LogP contribution in [0.25, 0.3) is 0 Å². The Labute approximate surface area is 200 Å². The second kappa shape index (κ2) is 11.3. The molecule has 1 aliphatic rings. The quantitative estimate of drug-likeness (QED) is 0.228. The molecule has 0 aromatic heterocycles. The van der Waals surface area contributed by atoms with Crippen LogP contribution in [0.15, 0.2) is 18.2 Å². The van der Waals surface area contributed by atoms with E-state index >= 15 is 0 Å². The molecule has 1 aromatic rings. The number of anilines is 1. The average molecular weight is 517 g/mol. The van der Waals surface area contributed by atoms with Gasteiger partial charge >= 0.3 is 5.97 Å². The van der Waals surface area contributed by atoms with Gasteiger partial charge < -0.3 is 31.2 Å². The van der Waals surface area contributed by atoms with Crippen molar-refractivity contribution in [2.24, 2.45) is 0 Å². The van der Waals surface area contributed by atoms with E-state index < -0.39 is 63.8 Å². The number of aldehydes is 1. The first kappa shape index (κ1) is 27.1. The number of nitrogens with two attached hydrogens (primary N) is 1. The minimum atomic E-state index is -3.74. The Balaban J connectivity index is 2.23. The summed E-state index contributed by atoms with van der Waals surface area (Å²) in [5.41, 5.74) is 5.89.